The summed E-state index contributed by atoms with van der Waals surface area (Å²) in [4.78, 5) is 22.5. The van der Waals surface area contributed by atoms with Crippen LogP contribution in [0.25, 0.3) is 0 Å². The summed E-state index contributed by atoms with van der Waals surface area (Å²) in [6.07, 6.45) is -0.182. The maximum atomic E-state index is 13.0. The minimum Gasteiger partial charge on any atom is -0.481 e. The normalized spacial score (nSPS) is 10.2. The summed E-state index contributed by atoms with van der Waals surface area (Å²) in [5.74, 6) is -3.37. The number of benzene rings is 2. The zero-order valence-corrected chi connectivity index (χ0v) is 10.8. The van der Waals surface area contributed by atoms with Crippen LogP contribution in [0.1, 0.15) is 15.9 Å². The molecule has 0 saturated heterocycles. The second-order valence-electron chi connectivity index (χ2n) is 4.38. The van der Waals surface area contributed by atoms with Crippen LogP contribution >= 0.6 is 0 Å². The summed E-state index contributed by atoms with van der Waals surface area (Å²) in [6, 6.07) is 8.73. The minimum atomic E-state index is -0.995. The number of nitrogens with one attached hydrogen (secondary N) is 1. The highest BCUT2D eigenvalue weighted by atomic mass is 19.1. The fraction of sp³-hybridized carbons (Fsp3) is 0.0667. The van der Waals surface area contributed by atoms with Crippen molar-refractivity contribution in [3.8, 4) is 0 Å². The Morgan fingerprint density at radius 2 is 1.71 bits per heavy atom. The van der Waals surface area contributed by atoms with Gasteiger partial charge in [0, 0.05) is 17.3 Å². The van der Waals surface area contributed by atoms with Crippen molar-refractivity contribution in [2.45, 2.75) is 6.42 Å². The van der Waals surface area contributed by atoms with Crippen molar-refractivity contribution in [2.75, 3.05) is 5.32 Å². The van der Waals surface area contributed by atoms with Crippen LogP contribution in [0.5, 0.6) is 0 Å². The van der Waals surface area contributed by atoms with E-state index < -0.39 is 23.5 Å². The van der Waals surface area contributed by atoms with Crippen molar-refractivity contribution in [1.29, 1.82) is 0 Å². The first-order valence-electron chi connectivity index (χ1n) is 6.02. The molecule has 1 amide bonds. The number of carbonyl (C=O) groups excluding carboxylic acids is 1. The fourth-order valence-corrected chi connectivity index (χ4v) is 1.82. The smallest absolute Gasteiger partial charge is 0.307 e. The Balaban J connectivity index is 2.17. The summed E-state index contributed by atoms with van der Waals surface area (Å²) >= 11 is 0. The summed E-state index contributed by atoms with van der Waals surface area (Å²) in [6.45, 7) is 0. The van der Waals surface area contributed by atoms with E-state index in [1.165, 1.54) is 6.07 Å². The molecule has 0 aliphatic rings. The lowest BCUT2D eigenvalue weighted by molar-refractivity contribution is -0.136. The van der Waals surface area contributed by atoms with Gasteiger partial charge in [0.25, 0.3) is 5.91 Å². The zero-order valence-electron chi connectivity index (χ0n) is 10.8. The summed E-state index contributed by atoms with van der Waals surface area (Å²) in [5, 5.41) is 11.2. The Bertz CT molecular complexity index is 681. The zero-order chi connectivity index (χ0) is 15.4. The molecule has 21 heavy (non-hydrogen) atoms. The van der Waals surface area contributed by atoms with Crippen molar-refractivity contribution < 1.29 is 23.5 Å². The Labute approximate surface area is 119 Å². The van der Waals surface area contributed by atoms with E-state index in [2.05, 4.69) is 5.32 Å². The molecule has 6 heteroatoms. The number of carboxylic acid groups (broad SMARTS) is 1. The van der Waals surface area contributed by atoms with Crippen LogP contribution in [0.4, 0.5) is 14.5 Å². The molecular formula is C15H11F2NO3. The van der Waals surface area contributed by atoms with Gasteiger partial charge in [0.15, 0.2) is 0 Å². The second-order valence-corrected chi connectivity index (χ2v) is 4.38. The van der Waals surface area contributed by atoms with Crippen molar-refractivity contribution in [1.82, 2.24) is 0 Å². The van der Waals surface area contributed by atoms with Crippen LogP contribution in [0.2, 0.25) is 0 Å². The molecule has 0 unspecified atom stereocenters. The lowest BCUT2D eigenvalue weighted by atomic mass is 10.1. The molecule has 0 bridgehead atoms. The van der Waals surface area contributed by atoms with E-state index in [9.17, 15) is 18.4 Å². The molecule has 0 aliphatic carbocycles. The van der Waals surface area contributed by atoms with Gasteiger partial charge in [-0.25, -0.2) is 8.78 Å². The molecule has 2 aromatic rings. The third-order valence-electron chi connectivity index (χ3n) is 2.66. The van der Waals surface area contributed by atoms with Crippen molar-refractivity contribution in [3.05, 3.63) is 65.2 Å². The number of halogens is 2. The number of aliphatic carboxylic acids is 1. The third kappa shape index (κ3) is 4.10. The molecule has 0 spiro atoms. The molecule has 108 valence electrons. The van der Waals surface area contributed by atoms with Gasteiger partial charge in [-0.1, -0.05) is 12.1 Å². The molecule has 0 saturated carbocycles. The largest absolute Gasteiger partial charge is 0.481 e. The molecule has 0 radical (unpaired) electrons. The van der Waals surface area contributed by atoms with Gasteiger partial charge in [0.2, 0.25) is 0 Å². The van der Waals surface area contributed by atoms with Crippen molar-refractivity contribution in [3.63, 3.8) is 0 Å². The van der Waals surface area contributed by atoms with Gasteiger partial charge in [0.1, 0.15) is 11.6 Å². The molecule has 2 aromatic carbocycles. The summed E-state index contributed by atoms with van der Waals surface area (Å²) < 4.78 is 26.1. The van der Waals surface area contributed by atoms with Crippen LogP contribution in [-0.2, 0) is 11.2 Å². The number of hydrogen-bond donors (Lipinski definition) is 2. The molecule has 0 aliphatic heterocycles. The van der Waals surface area contributed by atoms with Gasteiger partial charge in [-0.3, -0.25) is 9.59 Å². The van der Waals surface area contributed by atoms with Gasteiger partial charge in [0.05, 0.1) is 6.42 Å². The second kappa shape index (κ2) is 6.13. The lowest BCUT2D eigenvalue weighted by Gasteiger charge is -2.07. The quantitative estimate of drug-likeness (QED) is 0.910. The van der Waals surface area contributed by atoms with Crippen LogP contribution < -0.4 is 5.32 Å². The number of carboxylic acids is 1. The molecular weight excluding hydrogens is 280 g/mol. The molecule has 0 aromatic heterocycles. The van der Waals surface area contributed by atoms with Gasteiger partial charge in [-0.05, 0) is 29.8 Å². The van der Waals surface area contributed by atoms with Crippen LogP contribution in [0.15, 0.2) is 42.5 Å². The summed E-state index contributed by atoms with van der Waals surface area (Å²) in [5.41, 5.74) is 0.699. The van der Waals surface area contributed by atoms with Gasteiger partial charge in [-0.15, -0.1) is 0 Å². The minimum absolute atomic E-state index is 0.156. The standard InChI is InChI=1S/C15H11F2NO3/c16-11-6-10(7-12(17)8-11)15(21)18-13-3-1-2-9(4-13)5-14(19)20/h1-4,6-8H,5H2,(H,18,21)(H,19,20). The highest BCUT2D eigenvalue weighted by Crippen LogP contribution is 2.14. The Morgan fingerprint density at radius 1 is 1.05 bits per heavy atom. The van der Waals surface area contributed by atoms with Crippen LogP contribution in [-0.4, -0.2) is 17.0 Å². The number of amides is 1. The Kier molecular flexibility index (Phi) is 4.27. The first-order chi connectivity index (χ1) is 9.94. The van der Waals surface area contributed by atoms with Gasteiger partial charge < -0.3 is 10.4 Å². The van der Waals surface area contributed by atoms with E-state index in [4.69, 9.17) is 5.11 Å². The predicted molar refractivity (Wildman–Crippen MR) is 72.1 cm³/mol. The molecule has 2 rings (SSSR count). The Hall–Kier alpha value is -2.76. The van der Waals surface area contributed by atoms with E-state index in [1.807, 2.05) is 0 Å². The highest BCUT2D eigenvalue weighted by molar-refractivity contribution is 6.04. The molecule has 0 atom stereocenters. The average molecular weight is 291 g/mol. The van der Waals surface area contributed by atoms with Crippen LogP contribution in [0, 0.1) is 11.6 Å². The SMILES string of the molecule is O=C(O)Cc1cccc(NC(=O)c2cc(F)cc(F)c2)c1. The first kappa shape index (κ1) is 14.6. The average Bonchev–Trinajstić information content (AvgIpc) is 2.37. The predicted octanol–water partition coefficient (Wildman–Crippen LogP) is 2.84. The Morgan fingerprint density at radius 3 is 2.33 bits per heavy atom. The number of anilines is 1. The molecule has 2 N–H and O–H groups in total. The van der Waals surface area contributed by atoms with E-state index in [0.717, 1.165) is 12.1 Å². The van der Waals surface area contributed by atoms with Crippen LogP contribution in [0.3, 0.4) is 0 Å². The monoisotopic (exact) mass is 291 g/mol. The van der Waals surface area contributed by atoms with E-state index in [1.54, 1.807) is 18.2 Å². The lowest BCUT2D eigenvalue weighted by Crippen LogP contribution is -2.13. The maximum absolute atomic E-state index is 13.0. The number of hydrogen-bond acceptors (Lipinski definition) is 2. The maximum Gasteiger partial charge on any atom is 0.307 e. The van der Waals surface area contributed by atoms with E-state index >= 15 is 0 Å². The number of rotatable bonds is 4. The topological polar surface area (TPSA) is 66.4 Å². The number of carbonyl (C=O) groups is 2. The third-order valence-corrected chi connectivity index (χ3v) is 2.66. The van der Waals surface area contributed by atoms with Gasteiger partial charge >= 0.3 is 5.97 Å². The van der Waals surface area contributed by atoms with E-state index in [-0.39, 0.29) is 12.0 Å². The fourth-order valence-electron chi connectivity index (χ4n) is 1.82. The highest BCUT2D eigenvalue weighted by Gasteiger charge is 2.10. The first-order valence-corrected chi connectivity index (χ1v) is 6.02. The van der Waals surface area contributed by atoms with Gasteiger partial charge in [-0.2, -0.15) is 0 Å². The van der Waals surface area contributed by atoms with Crippen molar-refractivity contribution in [2.24, 2.45) is 0 Å². The summed E-state index contributed by atoms with van der Waals surface area (Å²) in [7, 11) is 0. The molecule has 0 fully saturated rings. The van der Waals surface area contributed by atoms with E-state index in [0.29, 0.717) is 17.3 Å². The molecule has 0 heterocycles. The molecule has 4 nitrogen and oxygen atoms in total. The van der Waals surface area contributed by atoms with Crippen molar-refractivity contribution >= 4 is 17.6 Å².